The number of rotatable bonds is 1. The monoisotopic (exact) mass is 191 g/mol. The number of anilines is 1. The van der Waals surface area contributed by atoms with Gasteiger partial charge >= 0.3 is 0 Å². The summed E-state index contributed by atoms with van der Waals surface area (Å²) in [6.07, 6.45) is 4.17. The zero-order chi connectivity index (χ0) is 9.97. The number of aromatic nitrogens is 1. The average Bonchev–Trinajstić information content (AvgIpc) is 2.18. The van der Waals surface area contributed by atoms with Crippen molar-refractivity contribution in [2.24, 2.45) is 5.73 Å². The van der Waals surface area contributed by atoms with E-state index in [1.54, 1.807) is 0 Å². The molecule has 76 valence electrons. The molecule has 1 fully saturated rings. The summed E-state index contributed by atoms with van der Waals surface area (Å²) in [7, 11) is 0. The van der Waals surface area contributed by atoms with Crippen molar-refractivity contribution in [3.63, 3.8) is 0 Å². The summed E-state index contributed by atoms with van der Waals surface area (Å²) in [4.78, 5) is 6.70. The van der Waals surface area contributed by atoms with Crippen LogP contribution >= 0.6 is 0 Å². The van der Waals surface area contributed by atoms with E-state index in [0.717, 1.165) is 25.3 Å². The predicted molar refractivity (Wildman–Crippen MR) is 58.4 cm³/mol. The van der Waals surface area contributed by atoms with Gasteiger partial charge in [-0.05, 0) is 31.4 Å². The summed E-state index contributed by atoms with van der Waals surface area (Å²) in [5, 5.41) is 0. The Bertz CT molecular complexity index is 311. The van der Waals surface area contributed by atoms with Gasteiger partial charge in [0.05, 0.1) is 0 Å². The number of hydrogen-bond donors (Lipinski definition) is 1. The Morgan fingerprint density at radius 2 is 2.43 bits per heavy atom. The minimum atomic E-state index is 0.310. The van der Waals surface area contributed by atoms with Gasteiger partial charge in [-0.15, -0.1) is 0 Å². The van der Waals surface area contributed by atoms with Gasteiger partial charge in [0.2, 0.25) is 0 Å². The topological polar surface area (TPSA) is 42.2 Å². The van der Waals surface area contributed by atoms with E-state index in [1.807, 2.05) is 12.3 Å². The minimum Gasteiger partial charge on any atom is -0.355 e. The molecule has 2 rings (SSSR count). The van der Waals surface area contributed by atoms with Crippen molar-refractivity contribution in [3.05, 3.63) is 23.9 Å². The van der Waals surface area contributed by atoms with Gasteiger partial charge < -0.3 is 10.6 Å². The zero-order valence-electron chi connectivity index (χ0n) is 8.61. The lowest BCUT2D eigenvalue weighted by Gasteiger charge is -2.32. The molecule has 14 heavy (non-hydrogen) atoms. The van der Waals surface area contributed by atoms with Gasteiger partial charge in [-0.2, -0.15) is 0 Å². The first-order valence-electron chi connectivity index (χ1n) is 5.19. The maximum atomic E-state index is 5.94. The van der Waals surface area contributed by atoms with Gasteiger partial charge in [-0.1, -0.05) is 6.07 Å². The van der Waals surface area contributed by atoms with Crippen LogP contribution in [0.2, 0.25) is 0 Å². The van der Waals surface area contributed by atoms with E-state index in [9.17, 15) is 0 Å². The Morgan fingerprint density at radius 3 is 3.14 bits per heavy atom. The number of pyridine rings is 1. The summed E-state index contributed by atoms with van der Waals surface area (Å²) in [5.41, 5.74) is 7.18. The summed E-state index contributed by atoms with van der Waals surface area (Å²) in [6.45, 7) is 4.13. The number of aryl methyl sites for hydroxylation is 1. The highest BCUT2D eigenvalue weighted by atomic mass is 15.2. The third kappa shape index (κ3) is 1.87. The van der Waals surface area contributed by atoms with Crippen molar-refractivity contribution in [2.75, 3.05) is 18.0 Å². The second-order valence-corrected chi connectivity index (χ2v) is 3.99. The van der Waals surface area contributed by atoms with Crippen LogP contribution in [0.25, 0.3) is 0 Å². The highest BCUT2D eigenvalue weighted by Gasteiger charge is 2.18. The largest absolute Gasteiger partial charge is 0.355 e. The van der Waals surface area contributed by atoms with Crippen molar-refractivity contribution in [1.29, 1.82) is 0 Å². The summed E-state index contributed by atoms with van der Waals surface area (Å²) >= 11 is 0. The third-order valence-electron chi connectivity index (χ3n) is 2.74. The Morgan fingerprint density at radius 1 is 1.57 bits per heavy atom. The van der Waals surface area contributed by atoms with E-state index in [2.05, 4.69) is 22.9 Å². The van der Waals surface area contributed by atoms with Crippen LogP contribution in [0.5, 0.6) is 0 Å². The van der Waals surface area contributed by atoms with Crippen LogP contribution in [-0.2, 0) is 0 Å². The fourth-order valence-electron chi connectivity index (χ4n) is 2.01. The first-order valence-corrected chi connectivity index (χ1v) is 5.19. The van der Waals surface area contributed by atoms with Crippen LogP contribution in [0.15, 0.2) is 18.3 Å². The Balaban J connectivity index is 2.18. The van der Waals surface area contributed by atoms with Crippen LogP contribution in [0.1, 0.15) is 18.4 Å². The van der Waals surface area contributed by atoms with E-state index in [4.69, 9.17) is 5.73 Å². The normalized spacial score (nSPS) is 22.4. The highest BCUT2D eigenvalue weighted by molar-refractivity contribution is 5.46. The fraction of sp³-hybridized carbons (Fsp3) is 0.545. The zero-order valence-corrected chi connectivity index (χ0v) is 8.61. The third-order valence-corrected chi connectivity index (χ3v) is 2.74. The Labute approximate surface area is 84.9 Å². The van der Waals surface area contributed by atoms with E-state index < -0.39 is 0 Å². The first kappa shape index (κ1) is 9.46. The van der Waals surface area contributed by atoms with Gasteiger partial charge in [-0.3, -0.25) is 0 Å². The fourth-order valence-corrected chi connectivity index (χ4v) is 2.01. The standard InChI is InChI=1S/C11H17N3/c1-9-4-2-6-13-11(9)14-7-3-5-10(12)8-14/h2,4,6,10H,3,5,7-8,12H2,1H3. The first-order chi connectivity index (χ1) is 6.77. The Kier molecular flexibility index (Phi) is 2.68. The molecule has 0 radical (unpaired) electrons. The smallest absolute Gasteiger partial charge is 0.131 e. The number of nitrogens with two attached hydrogens (primary N) is 1. The lowest BCUT2D eigenvalue weighted by atomic mass is 10.1. The molecule has 0 spiro atoms. The molecule has 1 aromatic rings. The van der Waals surface area contributed by atoms with Crippen LogP contribution in [0.3, 0.4) is 0 Å². The molecule has 1 aromatic heterocycles. The van der Waals surface area contributed by atoms with Crippen LogP contribution < -0.4 is 10.6 Å². The van der Waals surface area contributed by atoms with Gasteiger partial charge in [0.25, 0.3) is 0 Å². The summed E-state index contributed by atoms with van der Waals surface area (Å²) in [6, 6.07) is 4.38. The molecule has 0 bridgehead atoms. The van der Waals surface area contributed by atoms with Gasteiger partial charge in [-0.25, -0.2) is 4.98 Å². The van der Waals surface area contributed by atoms with Crippen molar-refractivity contribution in [1.82, 2.24) is 4.98 Å². The second kappa shape index (κ2) is 3.96. The van der Waals surface area contributed by atoms with Crippen molar-refractivity contribution >= 4 is 5.82 Å². The van der Waals surface area contributed by atoms with Crippen molar-refractivity contribution in [2.45, 2.75) is 25.8 Å². The van der Waals surface area contributed by atoms with Crippen LogP contribution in [0, 0.1) is 6.92 Å². The maximum Gasteiger partial charge on any atom is 0.131 e. The van der Waals surface area contributed by atoms with E-state index in [-0.39, 0.29) is 0 Å². The molecule has 1 atom stereocenters. The molecular weight excluding hydrogens is 174 g/mol. The number of piperidine rings is 1. The van der Waals surface area contributed by atoms with E-state index in [1.165, 1.54) is 12.0 Å². The maximum absolute atomic E-state index is 5.94. The number of nitrogens with zero attached hydrogens (tertiary/aromatic N) is 2. The predicted octanol–water partition coefficient (Wildman–Crippen LogP) is 1.32. The molecule has 3 heteroatoms. The van der Waals surface area contributed by atoms with Gasteiger partial charge in [0.1, 0.15) is 5.82 Å². The minimum absolute atomic E-state index is 0.310. The molecule has 3 nitrogen and oxygen atoms in total. The molecule has 1 aliphatic rings. The van der Waals surface area contributed by atoms with Gasteiger partial charge in [0, 0.05) is 25.3 Å². The van der Waals surface area contributed by atoms with E-state index >= 15 is 0 Å². The SMILES string of the molecule is Cc1cccnc1N1CCCC(N)C1. The van der Waals surface area contributed by atoms with Crippen molar-refractivity contribution in [3.8, 4) is 0 Å². The summed E-state index contributed by atoms with van der Waals surface area (Å²) in [5.74, 6) is 1.10. The van der Waals surface area contributed by atoms with Crippen molar-refractivity contribution < 1.29 is 0 Å². The van der Waals surface area contributed by atoms with Crippen LogP contribution in [-0.4, -0.2) is 24.1 Å². The molecule has 0 aromatic carbocycles. The Hall–Kier alpha value is -1.09. The molecule has 0 aliphatic carbocycles. The molecule has 1 unspecified atom stereocenters. The molecule has 2 heterocycles. The molecule has 1 saturated heterocycles. The quantitative estimate of drug-likeness (QED) is 0.728. The lowest BCUT2D eigenvalue weighted by molar-refractivity contribution is 0.502. The second-order valence-electron chi connectivity index (χ2n) is 3.99. The van der Waals surface area contributed by atoms with Crippen LogP contribution in [0.4, 0.5) is 5.82 Å². The van der Waals surface area contributed by atoms with Gasteiger partial charge in [0.15, 0.2) is 0 Å². The average molecular weight is 191 g/mol. The molecule has 0 saturated carbocycles. The lowest BCUT2D eigenvalue weighted by Crippen LogP contribution is -2.43. The highest BCUT2D eigenvalue weighted by Crippen LogP contribution is 2.19. The van der Waals surface area contributed by atoms with E-state index in [0.29, 0.717) is 6.04 Å². The summed E-state index contributed by atoms with van der Waals surface area (Å²) < 4.78 is 0. The molecular formula is C11H17N3. The molecule has 2 N–H and O–H groups in total. The molecule has 0 amide bonds. The number of hydrogen-bond acceptors (Lipinski definition) is 3. The molecule has 1 aliphatic heterocycles.